The number of aromatic hydroxyl groups is 1. The zero-order valence-corrected chi connectivity index (χ0v) is 9.13. The number of Topliss-reactive ketones (excluding diaryl/α,β-unsaturated/α-hetero) is 1. The molecule has 0 aliphatic heterocycles. The third-order valence-corrected chi connectivity index (χ3v) is 2.21. The number of rotatable bonds is 4. The largest absolute Gasteiger partial charge is 0.508 e. The van der Waals surface area contributed by atoms with Crippen molar-refractivity contribution in [1.29, 1.82) is 0 Å². The molecule has 0 aliphatic rings. The van der Waals surface area contributed by atoms with Crippen molar-refractivity contribution in [2.75, 3.05) is 20.7 Å². The lowest BCUT2D eigenvalue weighted by Gasteiger charge is -2.09. The van der Waals surface area contributed by atoms with Crippen molar-refractivity contribution in [3.05, 3.63) is 23.3 Å². The molecule has 0 aliphatic carbocycles. The monoisotopic (exact) mass is 209 g/mol. The summed E-state index contributed by atoms with van der Waals surface area (Å²) in [6.45, 7) is 1.98. The van der Waals surface area contributed by atoms with Crippen molar-refractivity contribution in [3.63, 3.8) is 0 Å². The van der Waals surface area contributed by atoms with Crippen molar-refractivity contribution < 1.29 is 14.6 Å². The van der Waals surface area contributed by atoms with E-state index >= 15 is 0 Å². The Balaban J connectivity index is 3.10. The number of phenols is 1. The first-order valence-electron chi connectivity index (χ1n) is 4.65. The summed E-state index contributed by atoms with van der Waals surface area (Å²) in [7, 11) is 3.21. The molecule has 0 amide bonds. The SMILES string of the molecule is CNCC(=O)c1cc(O)c(C)c(OC)c1. The van der Waals surface area contributed by atoms with Gasteiger partial charge in [0.05, 0.1) is 13.7 Å². The Kier molecular flexibility index (Phi) is 3.68. The van der Waals surface area contributed by atoms with E-state index in [1.807, 2.05) is 0 Å². The quantitative estimate of drug-likeness (QED) is 0.729. The van der Waals surface area contributed by atoms with E-state index in [9.17, 15) is 9.90 Å². The van der Waals surface area contributed by atoms with Crippen molar-refractivity contribution in [2.24, 2.45) is 0 Å². The van der Waals surface area contributed by atoms with Crippen LogP contribution in [0.4, 0.5) is 0 Å². The molecule has 15 heavy (non-hydrogen) atoms. The van der Waals surface area contributed by atoms with Crippen molar-refractivity contribution >= 4 is 5.78 Å². The lowest BCUT2D eigenvalue weighted by atomic mass is 10.1. The normalized spacial score (nSPS) is 10.1. The smallest absolute Gasteiger partial charge is 0.176 e. The summed E-state index contributed by atoms with van der Waals surface area (Å²) in [6.07, 6.45) is 0. The number of carbonyl (C=O) groups is 1. The minimum atomic E-state index is -0.0777. The Morgan fingerprint density at radius 2 is 2.20 bits per heavy atom. The third-order valence-electron chi connectivity index (χ3n) is 2.21. The van der Waals surface area contributed by atoms with Gasteiger partial charge in [0.15, 0.2) is 5.78 Å². The summed E-state index contributed by atoms with van der Waals surface area (Å²) in [4.78, 5) is 11.5. The maximum atomic E-state index is 11.5. The Bertz CT molecular complexity index is 374. The number of ether oxygens (including phenoxy) is 1. The van der Waals surface area contributed by atoms with E-state index in [0.29, 0.717) is 16.9 Å². The summed E-state index contributed by atoms with van der Waals surface area (Å²) < 4.78 is 5.06. The summed E-state index contributed by atoms with van der Waals surface area (Å²) in [5.74, 6) is 0.523. The second-order valence-corrected chi connectivity index (χ2v) is 3.28. The first-order valence-corrected chi connectivity index (χ1v) is 4.65. The van der Waals surface area contributed by atoms with E-state index in [1.165, 1.54) is 13.2 Å². The second-order valence-electron chi connectivity index (χ2n) is 3.28. The molecule has 0 aromatic heterocycles. The summed E-state index contributed by atoms with van der Waals surface area (Å²) >= 11 is 0. The van der Waals surface area contributed by atoms with Crippen LogP contribution < -0.4 is 10.1 Å². The van der Waals surface area contributed by atoms with Crippen molar-refractivity contribution in [3.8, 4) is 11.5 Å². The summed E-state index contributed by atoms with van der Waals surface area (Å²) in [6, 6.07) is 3.09. The van der Waals surface area contributed by atoms with E-state index < -0.39 is 0 Å². The molecule has 1 aromatic carbocycles. The van der Waals surface area contributed by atoms with Crippen LogP contribution in [0.3, 0.4) is 0 Å². The highest BCUT2D eigenvalue weighted by molar-refractivity contribution is 5.98. The van der Waals surface area contributed by atoms with Gasteiger partial charge in [-0.05, 0) is 26.1 Å². The molecule has 4 heteroatoms. The van der Waals surface area contributed by atoms with Crippen LogP contribution in [0.2, 0.25) is 0 Å². The molecule has 82 valence electrons. The number of nitrogens with one attached hydrogen (secondary N) is 1. The van der Waals surface area contributed by atoms with Crippen LogP contribution in [0, 0.1) is 6.92 Å². The highest BCUT2D eigenvalue weighted by Gasteiger charge is 2.11. The third kappa shape index (κ3) is 2.47. The van der Waals surface area contributed by atoms with E-state index in [1.54, 1.807) is 20.0 Å². The van der Waals surface area contributed by atoms with Crippen LogP contribution in [0.15, 0.2) is 12.1 Å². The molecule has 1 aromatic rings. The Hall–Kier alpha value is -1.55. The van der Waals surface area contributed by atoms with Crippen molar-refractivity contribution in [1.82, 2.24) is 5.32 Å². The lowest BCUT2D eigenvalue weighted by Crippen LogP contribution is -2.18. The minimum absolute atomic E-state index is 0.0776. The molecule has 0 saturated carbocycles. The number of methoxy groups -OCH3 is 1. The van der Waals surface area contributed by atoms with E-state index in [4.69, 9.17) is 4.74 Å². The number of hydrogen-bond acceptors (Lipinski definition) is 4. The Labute approximate surface area is 88.9 Å². The van der Waals surface area contributed by atoms with Crippen LogP contribution in [-0.2, 0) is 0 Å². The Morgan fingerprint density at radius 3 is 2.73 bits per heavy atom. The van der Waals surface area contributed by atoms with E-state index in [-0.39, 0.29) is 18.1 Å². The van der Waals surface area contributed by atoms with E-state index in [2.05, 4.69) is 5.32 Å². The van der Waals surface area contributed by atoms with Gasteiger partial charge < -0.3 is 15.2 Å². The molecule has 0 spiro atoms. The minimum Gasteiger partial charge on any atom is -0.508 e. The number of ketones is 1. The predicted molar refractivity (Wildman–Crippen MR) is 57.7 cm³/mol. The highest BCUT2D eigenvalue weighted by Crippen LogP contribution is 2.28. The molecule has 0 saturated heterocycles. The molecule has 1 rings (SSSR count). The molecule has 0 fully saturated rings. The summed E-state index contributed by atoms with van der Waals surface area (Å²) in [5, 5.41) is 12.3. The number of benzene rings is 1. The number of phenolic OH excluding ortho intramolecular Hbond substituents is 1. The molecule has 0 unspecified atom stereocenters. The molecule has 0 radical (unpaired) electrons. The van der Waals surface area contributed by atoms with Gasteiger partial charge in [0.1, 0.15) is 11.5 Å². The molecule has 4 nitrogen and oxygen atoms in total. The highest BCUT2D eigenvalue weighted by atomic mass is 16.5. The predicted octanol–water partition coefficient (Wildman–Crippen LogP) is 1.11. The Morgan fingerprint density at radius 1 is 1.53 bits per heavy atom. The fourth-order valence-electron chi connectivity index (χ4n) is 1.31. The standard InChI is InChI=1S/C11H15NO3/c1-7-9(13)4-8(5-11(7)15-3)10(14)6-12-2/h4-5,12-13H,6H2,1-3H3. The van der Waals surface area contributed by atoms with Gasteiger partial charge in [-0.3, -0.25) is 4.79 Å². The van der Waals surface area contributed by atoms with Gasteiger partial charge in [-0.15, -0.1) is 0 Å². The fraction of sp³-hybridized carbons (Fsp3) is 0.364. The van der Waals surface area contributed by atoms with Gasteiger partial charge in [-0.1, -0.05) is 0 Å². The molecule has 0 atom stereocenters. The average molecular weight is 209 g/mol. The molecular formula is C11H15NO3. The maximum Gasteiger partial charge on any atom is 0.176 e. The molecule has 0 heterocycles. The second kappa shape index (κ2) is 4.79. The molecule has 0 bridgehead atoms. The van der Waals surface area contributed by atoms with Gasteiger partial charge in [-0.25, -0.2) is 0 Å². The fourth-order valence-corrected chi connectivity index (χ4v) is 1.31. The van der Waals surface area contributed by atoms with Gasteiger partial charge in [0, 0.05) is 11.1 Å². The van der Waals surface area contributed by atoms with Gasteiger partial charge in [0.2, 0.25) is 0 Å². The summed E-state index contributed by atoms with van der Waals surface area (Å²) in [5.41, 5.74) is 1.09. The molecule has 2 N–H and O–H groups in total. The van der Waals surface area contributed by atoms with Gasteiger partial charge in [0.25, 0.3) is 0 Å². The van der Waals surface area contributed by atoms with Crippen LogP contribution in [0.25, 0.3) is 0 Å². The van der Waals surface area contributed by atoms with Crippen LogP contribution in [0.1, 0.15) is 15.9 Å². The zero-order valence-electron chi connectivity index (χ0n) is 9.13. The average Bonchev–Trinajstić information content (AvgIpc) is 2.22. The van der Waals surface area contributed by atoms with Crippen molar-refractivity contribution in [2.45, 2.75) is 6.92 Å². The van der Waals surface area contributed by atoms with Gasteiger partial charge >= 0.3 is 0 Å². The topological polar surface area (TPSA) is 58.6 Å². The first-order chi connectivity index (χ1) is 7.10. The van der Waals surface area contributed by atoms with Crippen LogP contribution in [0.5, 0.6) is 11.5 Å². The lowest BCUT2D eigenvalue weighted by molar-refractivity contribution is 0.0993. The maximum absolute atomic E-state index is 11.5. The number of hydrogen-bond donors (Lipinski definition) is 2. The van der Waals surface area contributed by atoms with Gasteiger partial charge in [-0.2, -0.15) is 0 Å². The zero-order chi connectivity index (χ0) is 11.4. The van der Waals surface area contributed by atoms with E-state index in [0.717, 1.165) is 0 Å². The molecular weight excluding hydrogens is 194 g/mol. The number of carbonyl (C=O) groups excluding carboxylic acids is 1. The number of likely N-dealkylation sites (N-methyl/N-ethyl adjacent to an activating group) is 1. The van der Waals surface area contributed by atoms with Crippen LogP contribution >= 0.6 is 0 Å². The first kappa shape index (κ1) is 11.5. The van der Waals surface area contributed by atoms with Crippen LogP contribution in [-0.4, -0.2) is 31.6 Å².